The lowest BCUT2D eigenvalue weighted by molar-refractivity contribution is 0.00856. The van der Waals surface area contributed by atoms with Gasteiger partial charge in [-0.05, 0) is 62.8 Å². The number of rotatable bonds is 6. The second kappa shape index (κ2) is 7.75. The first-order chi connectivity index (χ1) is 9.70. The SMILES string of the molecule is CCNC(CCC1CCCCO1)c1ccc(F)c(C)c1. The molecule has 1 aliphatic rings. The minimum Gasteiger partial charge on any atom is -0.378 e. The fourth-order valence-corrected chi connectivity index (χ4v) is 2.91. The van der Waals surface area contributed by atoms with Gasteiger partial charge in [0.25, 0.3) is 0 Å². The summed E-state index contributed by atoms with van der Waals surface area (Å²) in [5.74, 6) is -0.125. The maximum Gasteiger partial charge on any atom is 0.126 e. The van der Waals surface area contributed by atoms with Gasteiger partial charge in [-0.3, -0.25) is 0 Å². The molecule has 1 saturated heterocycles. The fraction of sp³-hybridized carbons (Fsp3) is 0.647. The number of hydrogen-bond acceptors (Lipinski definition) is 2. The van der Waals surface area contributed by atoms with Gasteiger partial charge in [0.1, 0.15) is 5.82 Å². The van der Waals surface area contributed by atoms with Gasteiger partial charge < -0.3 is 10.1 Å². The van der Waals surface area contributed by atoms with Crippen molar-refractivity contribution in [1.82, 2.24) is 5.32 Å². The maximum absolute atomic E-state index is 13.4. The van der Waals surface area contributed by atoms with Gasteiger partial charge in [0.2, 0.25) is 0 Å². The van der Waals surface area contributed by atoms with Crippen molar-refractivity contribution in [3.8, 4) is 0 Å². The zero-order chi connectivity index (χ0) is 14.4. The molecule has 0 bridgehead atoms. The van der Waals surface area contributed by atoms with Gasteiger partial charge in [0, 0.05) is 12.6 Å². The van der Waals surface area contributed by atoms with E-state index in [9.17, 15) is 4.39 Å². The molecule has 20 heavy (non-hydrogen) atoms. The lowest BCUT2D eigenvalue weighted by Crippen LogP contribution is -2.25. The molecule has 112 valence electrons. The Morgan fingerprint density at radius 2 is 2.25 bits per heavy atom. The lowest BCUT2D eigenvalue weighted by atomic mass is 9.96. The molecule has 0 spiro atoms. The first kappa shape index (κ1) is 15.5. The summed E-state index contributed by atoms with van der Waals surface area (Å²) in [6, 6.07) is 5.73. The predicted molar refractivity (Wildman–Crippen MR) is 80.4 cm³/mol. The molecule has 2 nitrogen and oxygen atoms in total. The maximum atomic E-state index is 13.4. The Bertz CT molecular complexity index is 415. The van der Waals surface area contributed by atoms with Crippen LogP contribution in [0.5, 0.6) is 0 Å². The van der Waals surface area contributed by atoms with E-state index in [0.717, 1.165) is 31.6 Å². The normalized spacial score (nSPS) is 20.9. The van der Waals surface area contributed by atoms with Crippen LogP contribution in [0.25, 0.3) is 0 Å². The molecule has 2 atom stereocenters. The van der Waals surface area contributed by atoms with Crippen molar-refractivity contribution < 1.29 is 9.13 Å². The Balaban J connectivity index is 1.96. The van der Waals surface area contributed by atoms with Crippen molar-refractivity contribution in [2.24, 2.45) is 0 Å². The largest absolute Gasteiger partial charge is 0.378 e. The Hall–Kier alpha value is -0.930. The Kier molecular flexibility index (Phi) is 5.99. The molecule has 1 aromatic carbocycles. The van der Waals surface area contributed by atoms with E-state index < -0.39 is 0 Å². The van der Waals surface area contributed by atoms with Crippen LogP contribution in [0.2, 0.25) is 0 Å². The molecular formula is C17H26FNO. The Morgan fingerprint density at radius 3 is 2.90 bits per heavy atom. The van der Waals surface area contributed by atoms with E-state index in [1.54, 1.807) is 6.07 Å². The zero-order valence-corrected chi connectivity index (χ0v) is 12.6. The van der Waals surface area contributed by atoms with Crippen LogP contribution in [0.15, 0.2) is 18.2 Å². The number of hydrogen-bond donors (Lipinski definition) is 1. The molecule has 0 saturated carbocycles. The number of aryl methyl sites for hydroxylation is 1. The van der Waals surface area contributed by atoms with Gasteiger partial charge in [-0.2, -0.15) is 0 Å². The van der Waals surface area contributed by atoms with E-state index in [1.165, 1.54) is 24.8 Å². The summed E-state index contributed by atoms with van der Waals surface area (Å²) < 4.78 is 19.2. The van der Waals surface area contributed by atoms with Crippen LogP contribution in [-0.2, 0) is 4.74 Å². The van der Waals surface area contributed by atoms with Crippen molar-refractivity contribution in [2.75, 3.05) is 13.2 Å². The van der Waals surface area contributed by atoms with Crippen LogP contribution in [0.1, 0.15) is 56.2 Å². The summed E-state index contributed by atoms with van der Waals surface area (Å²) >= 11 is 0. The molecule has 1 fully saturated rings. The summed E-state index contributed by atoms with van der Waals surface area (Å²) in [6.07, 6.45) is 6.20. The zero-order valence-electron chi connectivity index (χ0n) is 12.6. The average Bonchev–Trinajstić information content (AvgIpc) is 2.47. The molecule has 2 unspecified atom stereocenters. The molecule has 2 rings (SSSR count). The van der Waals surface area contributed by atoms with Crippen molar-refractivity contribution in [1.29, 1.82) is 0 Å². The van der Waals surface area contributed by atoms with Crippen molar-refractivity contribution >= 4 is 0 Å². The molecule has 0 aliphatic carbocycles. The fourth-order valence-electron chi connectivity index (χ4n) is 2.91. The topological polar surface area (TPSA) is 21.3 Å². The summed E-state index contributed by atoms with van der Waals surface area (Å²) in [5, 5.41) is 3.51. The highest BCUT2D eigenvalue weighted by Crippen LogP contribution is 2.25. The Labute approximate surface area is 121 Å². The Morgan fingerprint density at radius 1 is 1.40 bits per heavy atom. The number of halogens is 1. The van der Waals surface area contributed by atoms with Gasteiger partial charge in [-0.1, -0.05) is 19.1 Å². The van der Waals surface area contributed by atoms with Crippen LogP contribution in [-0.4, -0.2) is 19.3 Å². The molecule has 3 heteroatoms. The molecule has 1 aliphatic heterocycles. The van der Waals surface area contributed by atoms with Gasteiger partial charge in [0.05, 0.1) is 6.10 Å². The number of benzene rings is 1. The summed E-state index contributed by atoms with van der Waals surface area (Å²) in [7, 11) is 0. The minimum absolute atomic E-state index is 0.125. The monoisotopic (exact) mass is 279 g/mol. The second-order valence-corrected chi connectivity index (χ2v) is 5.68. The molecule has 0 amide bonds. The third-order valence-electron chi connectivity index (χ3n) is 4.09. The molecule has 0 aromatic heterocycles. The van der Waals surface area contributed by atoms with E-state index >= 15 is 0 Å². The first-order valence-electron chi connectivity index (χ1n) is 7.81. The molecule has 0 radical (unpaired) electrons. The standard InChI is InChI=1S/C17H26FNO/c1-3-19-17(10-8-15-6-4-5-11-20-15)14-7-9-16(18)13(2)12-14/h7,9,12,15,17,19H,3-6,8,10-11H2,1-2H3. The van der Waals surface area contributed by atoms with Crippen molar-refractivity contribution in [2.45, 2.75) is 58.1 Å². The van der Waals surface area contributed by atoms with Gasteiger partial charge >= 0.3 is 0 Å². The van der Waals surface area contributed by atoms with Crippen LogP contribution in [0.4, 0.5) is 4.39 Å². The second-order valence-electron chi connectivity index (χ2n) is 5.68. The lowest BCUT2D eigenvalue weighted by Gasteiger charge is -2.25. The van der Waals surface area contributed by atoms with E-state index in [1.807, 2.05) is 19.1 Å². The van der Waals surface area contributed by atoms with Gasteiger partial charge in [-0.15, -0.1) is 0 Å². The smallest absolute Gasteiger partial charge is 0.126 e. The van der Waals surface area contributed by atoms with E-state index in [2.05, 4.69) is 12.2 Å². The van der Waals surface area contributed by atoms with Gasteiger partial charge in [0.15, 0.2) is 0 Å². The van der Waals surface area contributed by atoms with Crippen LogP contribution in [0.3, 0.4) is 0 Å². The average molecular weight is 279 g/mol. The highest BCUT2D eigenvalue weighted by atomic mass is 19.1. The summed E-state index contributed by atoms with van der Waals surface area (Å²) in [6.45, 7) is 5.77. The van der Waals surface area contributed by atoms with Crippen LogP contribution in [0, 0.1) is 12.7 Å². The highest BCUT2D eigenvalue weighted by molar-refractivity contribution is 5.26. The molecule has 1 N–H and O–H groups in total. The molecular weight excluding hydrogens is 253 g/mol. The first-order valence-corrected chi connectivity index (χ1v) is 7.81. The van der Waals surface area contributed by atoms with E-state index in [-0.39, 0.29) is 5.82 Å². The van der Waals surface area contributed by atoms with E-state index in [0.29, 0.717) is 12.1 Å². The highest BCUT2D eigenvalue weighted by Gasteiger charge is 2.17. The van der Waals surface area contributed by atoms with Crippen LogP contribution >= 0.6 is 0 Å². The quantitative estimate of drug-likeness (QED) is 0.845. The predicted octanol–water partition coefficient (Wildman–Crippen LogP) is 4.13. The minimum atomic E-state index is -0.125. The number of nitrogens with one attached hydrogen (secondary N) is 1. The third kappa shape index (κ3) is 4.29. The molecule has 1 aromatic rings. The van der Waals surface area contributed by atoms with Gasteiger partial charge in [-0.25, -0.2) is 4.39 Å². The summed E-state index contributed by atoms with van der Waals surface area (Å²) in [4.78, 5) is 0. The number of ether oxygens (including phenoxy) is 1. The molecule has 1 heterocycles. The van der Waals surface area contributed by atoms with Crippen molar-refractivity contribution in [3.63, 3.8) is 0 Å². The van der Waals surface area contributed by atoms with Crippen LogP contribution < -0.4 is 5.32 Å². The third-order valence-corrected chi connectivity index (χ3v) is 4.09. The van der Waals surface area contributed by atoms with Crippen molar-refractivity contribution in [3.05, 3.63) is 35.1 Å². The summed E-state index contributed by atoms with van der Waals surface area (Å²) in [5.41, 5.74) is 1.90. The van der Waals surface area contributed by atoms with E-state index in [4.69, 9.17) is 4.74 Å².